The Balaban J connectivity index is 0.00000288. The quantitative estimate of drug-likeness (QED) is 0.571. The van der Waals surface area contributed by atoms with Crippen LogP contribution in [-0.2, 0) is 10.0 Å². The fourth-order valence-corrected chi connectivity index (χ4v) is 2.51. The molecule has 0 aliphatic rings. The first-order valence-electron chi connectivity index (χ1n) is 6.13. The van der Waals surface area contributed by atoms with Crippen molar-refractivity contribution < 1.29 is 28.2 Å². The molecular weight excluding hydrogens is 370 g/mol. The number of rotatable bonds is 5. The largest absolute Gasteiger partial charge is 0.477 e. The Bertz CT molecular complexity index is 869. The van der Waals surface area contributed by atoms with Crippen LogP contribution in [0.2, 0.25) is 0 Å². The standard InChI is InChI=1S/C14H10N2O6S.2Na/c17-13(18)11-6-9(7-12(16-11)14(19)20)8-15-23(21,22)10-4-2-1-3-5-10;;/h1-8H,(H,17,18)(H,19,20);;. The Hall–Kier alpha value is -1.07. The van der Waals surface area contributed by atoms with Gasteiger partial charge in [0, 0.05) is 65.3 Å². The normalized spacial score (nSPS) is 10.6. The zero-order valence-corrected chi connectivity index (χ0v) is 18.3. The molecule has 1 aromatic carbocycles. The third-order valence-electron chi connectivity index (χ3n) is 2.67. The minimum Gasteiger partial charge on any atom is -0.477 e. The number of aromatic nitrogens is 1. The minimum absolute atomic E-state index is 0. The van der Waals surface area contributed by atoms with E-state index in [1.54, 1.807) is 6.07 Å². The summed E-state index contributed by atoms with van der Waals surface area (Å²) in [5.41, 5.74) is -1.05. The van der Waals surface area contributed by atoms with Crippen molar-refractivity contribution in [2.45, 2.75) is 4.90 Å². The molecular formula is C14H10N2Na2O6S. The first kappa shape index (κ1) is 23.9. The van der Waals surface area contributed by atoms with Crippen LogP contribution < -0.4 is 0 Å². The Morgan fingerprint density at radius 3 is 1.88 bits per heavy atom. The molecule has 25 heavy (non-hydrogen) atoms. The summed E-state index contributed by atoms with van der Waals surface area (Å²) in [7, 11) is -3.97. The second-order valence-electron chi connectivity index (χ2n) is 4.30. The van der Waals surface area contributed by atoms with Gasteiger partial charge in [0.15, 0.2) is 0 Å². The van der Waals surface area contributed by atoms with E-state index in [1.807, 2.05) is 0 Å². The van der Waals surface area contributed by atoms with Crippen LogP contribution in [0.25, 0.3) is 0 Å². The molecule has 0 aliphatic heterocycles. The maximum atomic E-state index is 12.0. The fourth-order valence-electron chi connectivity index (χ4n) is 1.63. The van der Waals surface area contributed by atoms with Gasteiger partial charge in [-0.3, -0.25) is 0 Å². The Morgan fingerprint density at radius 2 is 1.44 bits per heavy atom. The van der Waals surface area contributed by atoms with Gasteiger partial charge in [0.1, 0.15) is 11.4 Å². The fraction of sp³-hybridized carbons (Fsp3) is 0. The average Bonchev–Trinajstić information content (AvgIpc) is 2.53. The zero-order chi connectivity index (χ0) is 17.0. The van der Waals surface area contributed by atoms with Crippen LogP contribution in [0.1, 0.15) is 26.5 Å². The van der Waals surface area contributed by atoms with E-state index < -0.39 is 33.3 Å². The summed E-state index contributed by atoms with van der Waals surface area (Å²) in [5.74, 6) is -2.87. The predicted molar refractivity (Wildman–Crippen MR) is 90.9 cm³/mol. The maximum absolute atomic E-state index is 12.0. The van der Waals surface area contributed by atoms with Gasteiger partial charge in [-0.15, -0.1) is 0 Å². The third-order valence-corrected chi connectivity index (χ3v) is 3.92. The van der Waals surface area contributed by atoms with E-state index in [9.17, 15) is 18.0 Å². The van der Waals surface area contributed by atoms with Crippen LogP contribution in [0.15, 0.2) is 51.8 Å². The van der Waals surface area contributed by atoms with Crippen molar-refractivity contribution >= 4 is 87.3 Å². The van der Waals surface area contributed by atoms with Gasteiger partial charge in [0.2, 0.25) is 0 Å². The smallest absolute Gasteiger partial charge is 0.354 e. The summed E-state index contributed by atoms with van der Waals surface area (Å²) in [5, 5.41) is 17.8. The number of carboxylic acids is 2. The van der Waals surface area contributed by atoms with E-state index >= 15 is 0 Å². The zero-order valence-electron chi connectivity index (χ0n) is 13.4. The van der Waals surface area contributed by atoms with Gasteiger partial charge in [-0.05, 0) is 29.8 Å². The third kappa shape index (κ3) is 6.63. The van der Waals surface area contributed by atoms with Crippen molar-refractivity contribution in [1.82, 2.24) is 4.98 Å². The second kappa shape index (κ2) is 10.2. The molecule has 0 spiro atoms. The molecule has 2 rings (SSSR count). The number of carbonyl (C=O) groups is 2. The van der Waals surface area contributed by atoms with Crippen molar-refractivity contribution in [3.63, 3.8) is 0 Å². The van der Waals surface area contributed by atoms with Gasteiger partial charge in [0.25, 0.3) is 10.0 Å². The summed E-state index contributed by atoms with van der Waals surface area (Å²) in [4.78, 5) is 25.3. The number of aromatic carboxylic acids is 2. The van der Waals surface area contributed by atoms with E-state index in [1.165, 1.54) is 24.3 Å². The molecule has 2 aromatic rings. The molecule has 0 atom stereocenters. The second-order valence-corrected chi connectivity index (χ2v) is 5.94. The number of hydrogen-bond acceptors (Lipinski definition) is 5. The van der Waals surface area contributed by atoms with E-state index in [-0.39, 0.29) is 69.6 Å². The molecule has 2 N–H and O–H groups in total. The number of sulfonamides is 1. The van der Waals surface area contributed by atoms with Gasteiger partial charge in [-0.1, -0.05) is 18.2 Å². The first-order chi connectivity index (χ1) is 10.8. The van der Waals surface area contributed by atoms with Crippen molar-refractivity contribution in [2.75, 3.05) is 0 Å². The molecule has 0 amide bonds. The van der Waals surface area contributed by atoms with Crippen LogP contribution >= 0.6 is 0 Å². The summed E-state index contributed by atoms with van der Waals surface area (Å²) in [6.45, 7) is 0. The van der Waals surface area contributed by atoms with Gasteiger partial charge in [0.05, 0.1) is 4.90 Å². The first-order valence-corrected chi connectivity index (χ1v) is 7.58. The molecule has 0 fully saturated rings. The molecule has 0 bridgehead atoms. The topological polar surface area (TPSA) is 134 Å². The van der Waals surface area contributed by atoms with Gasteiger partial charge >= 0.3 is 11.9 Å². The van der Waals surface area contributed by atoms with Crippen molar-refractivity contribution in [3.8, 4) is 0 Å². The Kier molecular flexibility index (Phi) is 9.73. The number of benzene rings is 1. The summed E-state index contributed by atoms with van der Waals surface area (Å²) in [6.07, 6.45) is 0.878. The van der Waals surface area contributed by atoms with E-state index in [4.69, 9.17) is 10.2 Å². The monoisotopic (exact) mass is 380 g/mol. The van der Waals surface area contributed by atoms with Gasteiger partial charge < -0.3 is 10.2 Å². The van der Waals surface area contributed by atoms with E-state index in [2.05, 4.69) is 9.38 Å². The van der Waals surface area contributed by atoms with Crippen LogP contribution in [0, 0.1) is 0 Å². The molecule has 11 heteroatoms. The van der Waals surface area contributed by atoms with Gasteiger partial charge in [-0.25, -0.2) is 14.6 Å². The maximum Gasteiger partial charge on any atom is 0.354 e. The number of carboxylic acid groups (broad SMARTS) is 2. The van der Waals surface area contributed by atoms with Crippen LogP contribution in [0.4, 0.5) is 0 Å². The number of hydrogen-bond donors (Lipinski definition) is 2. The Morgan fingerprint density at radius 1 is 0.960 bits per heavy atom. The molecule has 120 valence electrons. The van der Waals surface area contributed by atoms with Crippen LogP contribution in [0.5, 0.6) is 0 Å². The van der Waals surface area contributed by atoms with E-state index in [0.29, 0.717) is 0 Å². The molecule has 1 aromatic heterocycles. The molecule has 0 unspecified atom stereocenters. The molecule has 0 aliphatic carbocycles. The van der Waals surface area contributed by atoms with Crippen LogP contribution in [-0.4, -0.2) is 101 Å². The summed E-state index contributed by atoms with van der Waals surface area (Å²) < 4.78 is 27.4. The average molecular weight is 380 g/mol. The molecule has 0 saturated heterocycles. The van der Waals surface area contributed by atoms with Crippen molar-refractivity contribution in [2.24, 2.45) is 4.40 Å². The number of pyridine rings is 1. The molecule has 8 nitrogen and oxygen atoms in total. The minimum atomic E-state index is -3.97. The SMILES string of the molecule is O=C(O)c1cc(C=NS(=O)(=O)c2ccccc2)cc(C(=O)O)n1.[Na].[Na]. The van der Waals surface area contributed by atoms with Crippen LogP contribution in [0.3, 0.4) is 0 Å². The Labute approximate surface area is 187 Å². The number of nitrogens with zero attached hydrogens (tertiary/aromatic N) is 2. The molecule has 2 radical (unpaired) electrons. The van der Waals surface area contributed by atoms with Crippen molar-refractivity contribution in [1.29, 1.82) is 0 Å². The molecule has 0 saturated carbocycles. The van der Waals surface area contributed by atoms with Gasteiger partial charge in [-0.2, -0.15) is 12.8 Å². The summed E-state index contributed by atoms with van der Waals surface area (Å²) in [6, 6.07) is 9.45. The summed E-state index contributed by atoms with van der Waals surface area (Å²) >= 11 is 0. The van der Waals surface area contributed by atoms with Crippen molar-refractivity contribution in [3.05, 3.63) is 59.4 Å². The molecule has 1 heterocycles. The predicted octanol–water partition coefficient (Wildman–Crippen LogP) is 0.524. The van der Waals surface area contributed by atoms with E-state index in [0.717, 1.165) is 18.3 Å².